The van der Waals surface area contributed by atoms with E-state index in [1.807, 2.05) is 0 Å². The molecule has 2 aromatic carbocycles. The highest BCUT2D eigenvalue weighted by molar-refractivity contribution is 6.31. The van der Waals surface area contributed by atoms with Crippen LogP contribution in [0.2, 0.25) is 5.02 Å². The Bertz CT molecular complexity index is 948. The quantitative estimate of drug-likeness (QED) is 0.386. The van der Waals surface area contributed by atoms with Crippen LogP contribution in [0.15, 0.2) is 47.6 Å². The number of nitrogens with one attached hydrogen (secondary N) is 2. The largest absolute Gasteiger partial charge is 0.382 e. The number of carbonyl (C=O) groups excluding carboxylic acids is 1. The van der Waals surface area contributed by atoms with Crippen LogP contribution in [-0.2, 0) is 0 Å². The Balaban J connectivity index is 1.83. The summed E-state index contributed by atoms with van der Waals surface area (Å²) in [6, 6.07) is 9.96. The van der Waals surface area contributed by atoms with E-state index in [1.54, 1.807) is 24.3 Å². The number of carbonyl (C=O) groups is 1. The molecule has 0 saturated carbocycles. The molecule has 122 valence electrons. The highest BCUT2D eigenvalue weighted by atomic mass is 35.5. The van der Waals surface area contributed by atoms with Gasteiger partial charge in [-0.25, -0.2) is 14.2 Å². The number of fused-ring (bicyclic) bond motifs is 1. The van der Waals surface area contributed by atoms with Crippen LogP contribution in [0, 0.1) is 11.6 Å². The second-order valence-corrected chi connectivity index (χ2v) is 5.39. The van der Waals surface area contributed by atoms with Crippen LogP contribution in [0.3, 0.4) is 0 Å². The molecule has 1 aromatic heterocycles. The van der Waals surface area contributed by atoms with Crippen LogP contribution in [0.5, 0.6) is 0 Å². The first-order valence-corrected chi connectivity index (χ1v) is 7.19. The lowest BCUT2D eigenvalue weighted by molar-refractivity contribution is 0.0950. The van der Waals surface area contributed by atoms with Crippen molar-refractivity contribution in [3.05, 3.63) is 70.4 Å². The highest BCUT2D eigenvalue weighted by Gasteiger charge is 2.14. The minimum atomic E-state index is -0.870. The summed E-state index contributed by atoms with van der Waals surface area (Å²) in [5.74, 6) is -2.82. The van der Waals surface area contributed by atoms with Gasteiger partial charge in [0.2, 0.25) is 0 Å². The molecule has 0 radical (unpaired) electrons. The molecule has 0 aliphatic carbocycles. The summed E-state index contributed by atoms with van der Waals surface area (Å²) in [7, 11) is 0. The first-order valence-electron chi connectivity index (χ1n) is 6.82. The molecule has 3 rings (SSSR count). The predicted octanol–water partition coefficient (Wildman–Crippen LogP) is 3.15. The third-order valence-electron chi connectivity index (χ3n) is 3.32. The Morgan fingerprint density at radius 1 is 1.17 bits per heavy atom. The van der Waals surface area contributed by atoms with E-state index < -0.39 is 28.9 Å². The number of nitrogens with two attached hydrogens (primary N) is 1. The van der Waals surface area contributed by atoms with Gasteiger partial charge in [-0.15, -0.1) is 0 Å². The van der Waals surface area contributed by atoms with E-state index in [9.17, 15) is 13.6 Å². The van der Waals surface area contributed by atoms with Gasteiger partial charge in [0.25, 0.3) is 5.91 Å². The molecule has 4 N–H and O–H groups in total. The fourth-order valence-electron chi connectivity index (χ4n) is 2.20. The van der Waals surface area contributed by atoms with Gasteiger partial charge in [0.1, 0.15) is 17.3 Å². The molecule has 5 nitrogen and oxygen atoms in total. The van der Waals surface area contributed by atoms with E-state index in [0.717, 1.165) is 17.5 Å². The first-order chi connectivity index (χ1) is 11.5. The molecular weight excluding hydrogens is 338 g/mol. The monoisotopic (exact) mass is 348 g/mol. The van der Waals surface area contributed by atoms with Crippen molar-refractivity contribution in [3.8, 4) is 0 Å². The van der Waals surface area contributed by atoms with Gasteiger partial charge in [-0.3, -0.25) is 4.79 Å². The number of H-pyrrole nitrogens is 1. The molecular formula is C16H11ClF2N4O. The van der Waals surface area contributed by atoms with Crippen molar-refractivity contribution in [2.24, 2.45) is 10.8 Å². The summed E-state index contributed by atoms with van der Waals surface area (Å²) < 4.78 is 27.2. The van der Waals surface area contributed by atoms with Crippen molar-refractivity contribution in [2.75, 3.05) is 0 Å². The minimum absolute atomic E-state index is 0.206. The topological polar surface area (TPSA) is 83.3 Å². The van der Waals surface area contributed by atoms with E-state index in [-0.39, 0.29) is 5.69 Å². The second-order valence-electron chi connectivity index (χ2n) is 4.95. The maximum absolute atomic E-state index is 13.6. The molecule has 0 saturated heterocycles. The predicted molar refractivity (Wildman–Crippen MR) is 87.9 cm³/mol. The molecule has 8 heteroatoms. The highest BCUT2D eigenvalue weighted by Crippen LogP contribution is 2.20. The standard InChI is InChI=1S/C16H11ClF2N4O/c17-9-4-5-12-8(6-9)7-13(21-12)16(24)23-22-15(20)14-10(18)2-1-3-11(14)19/h1-7,21H,(H2,20,22)(H,23,24). The molecule has 1 amide bonds. The van der Waals surface area contributed by atoms with Crippen molar-refractivity contribution in [3.63, 3.8) is 0 Å². The SMILES string of the molecule is N/C(=N\NC(=O)c1cc2cc(Cl)ccc2[nH]1)c1c(F)cccc1F. The number of amidine groups is 1. The summed E-state index contributed by atoms with van der Waals surface area (Å²) in [5.41, 5.74) is 8.12. The second kappa shape index (κ2) is 6.29. The third-order valence-corrected chi connectivity index (χ3v) is 3.56. The number of nitrogens with zero attached hydrogens (tertiary/aromatic N) is 1. The molecule has 0 bridgehead atoms. The van der Waals surface area contributed by atoms with Crippen LogP contribution in [-0.4, -0.2) is 16.7 Å². The molecule has 0 unspecified atom stereocenters. The van der Waals surface area contributed by atoms with Crippen molar-refractivity contribution >= 4 is 34.2 Å². The van der Waals surface area contributed by atoms with E-state index >= 15 is 0 Å². The van der Waals surface area contributed by atoms with E-state index in [1.165, 1.54) is 6.07 Å². The Hall–Kier alpha value is -2.93. The fourth-order valence-corrected chi connectivity index (χ4v) is 2.38. The molecule has 0 aliphatic rings. The van der Waals surface area contributed by atoms with Gasteiger partial charge in [0.15, 0.2) is 5.84 Å². The molecule has 24 heavy (non-hydrogen) atoms. The average molecular weight is 349 g/mol. The molecule has 0 spiro atoms. The lowest BCUT2D eigenvalue weighted by Gasteiger charge is -2.04. The number of rotatable bonds is 3. The Morgan fingerprint density at radius 3 is 2.58 bits per heavy atom. The Morgan fingerprint density at radius 2 is 1.88 bits per heavy atom. The number of hydrogen-bond donors (Lipinski definition) is 3. The maximum Gasteiger partial charge on any atom is 0.287 e. The third kappa shape index (κ3) is 3.07. The molecule has 3 aromatic rings. The smallest absolute Gasteiger partial charge is 0.287 e. The average Bonchev–Trinajstić information content (AvgIpc) is 2.95. The Kier molecular flexibility index (Phi) is 4.18. The van der Waals surface area contributed by atoms with Gasteiger partial charge in [-0.2, -0.15) is 5.10 Å². The number of amides is 1. The van der Waals surface area contributed by atoms with Crippen LogP contribution >= 0.6 is 11.6 Å². The first kappa shape index (κ1) is 15.9. The van der Waals surface area contributed by atoms with Gasteiger partial charge < -0.3 is 10.7 Å². The lowest BCUT2D eigenvalue weighted by atomic mass is 10.2. The van der Waals surface area contributed by atoms with Crippen LogP contribution in [0.1, 0.15) is 16.1 Å². The normalized spacial score (nSPS) is 11.7. The van der Waals surface area contributed by atoms with Gasteiger partial charge in [0.05, 0.1) is 5.56 Å². The summed E-state index contributed by atoms with van der Waals surface area (Å²) in [5, 5.41) is 4.82. The summed E-state index contributed by atoms with van der Waals surface area (Å²) in [6.07, 6.45) is 0. The van der Waals surface area contributed by atoms with E-state index in [4.69, 9.17) is 17.3 Å². The summed E-state index contributed by atoms with van der Waals surface area (Å²) >= 11 is 5.88. The maximum atomic E-state index is 13.6. The van der Waals surface area contributed by atoms with Crippen molar-refractivity contribution < 1.29 is 13.6 Å². The zero-order chi connectivity index (χ0) is 17.3. The molecule has 1 heterocycles. The van der Waals surface area contributed by atoms with Crippen molar-refractivity contribution in [1.29, 1.82) is 0 Å². The van der Waals surface area contributed by atoms with Crippen LogP contribution in [0.4, 0.5) is 8.78 Å². The van der Waals surface area contributed by atoms with Gasteiger partial charge in [-0.1, -0.05) is 17.7 Å². The Labute approximate surface area is 140 Å². The zero-order valence-corrected chi connectivity index (χ0v) is 12.9. The number of hydrogen-bond acceptors (Lipinski definition) is 2. The number of aromatic amines is 1. The number of halogens is 3. The lowest BCUT2D eigenvalue weighted by Crippen LogP contribution is -2.25. The van der Waals surface area contributed by atoms with Gasteiger partial charge in [-0.05, 0) is 36.4 Å². The number of hydrazone groups is 1. The molecule has 0 atom stereocenters. The van der Waals surface area contributed by atoms with Crippen LogP contribution < -0.4 is 11.2 Å². The zero-order valence-electron chi connectivity index (χ0n) is 12.1. The van der Waals surface area contributed by atoms with Crippen molar-refractivity contribution in [1.82, 2.24) is 10.4 Å². The number of aromatic nitrogens is 1. The fraction of sp³-hybridized carbons (Fsp3) is 0. The van der Waals surface area contributed by atoms with Crippen molar-refractivity contribution in [2.45, 2.75) is 0 Å². The molecule has 0 fully saturated rings. The van der Waals surface area contributed by atoms with Gasteiger partial charge >= 0.3 is 0 Å². The molecule has 0 aliphatic heterocycles. The summed E-state index contributed by atoms with van der Waals surface area (Å²) in [6.45, 7) is 0. The van der Waals surface area contributed by atoms with Crippen LogP contribution in [0.25, 0.3) is 10.9 Å². The van der Waals surface area contributed by atoms with E-state index in [2.05, 4.69) is 15.5 Å². The summed E-state index contributed by atoms with van der Waals surface area (Å²) in [4.78, 5) is 15.0. The number of benzene rings is 2. The van der Waals surface area contributed by atoms with E-state index in [0.29, 0.717) is 10.5 Å². The van der Waals surface area contributed by atoms with Gasteiger partial charge in [0, 0.05) is 15.9 Å². The minimum Gasteiger partial charge on any atom is -0.382 e.